The second kappa shape index (κ2) is 10.7. The summed E-state index contributed by atoms with van der Waals surface area (Å²) in [6.45, 7) is 9.03. The minimum atomic E-state index is -3.09. The third-order valence-electron chi connectivity index (χ3n) is 6.24. The zero-order valence-corrected chi connectivity index (χ0v) is 19.2. The Balaban J connectivity index is 1.45. The zero-order chi connectivity index (χ0) is 21.6. The van der Waals surface area contributed by atoms with Gasteiger partial charge in [0.1, 0.15) is 0 Å². The largest absolute Gasteiger partial charge is 0.340 e. The van der Waals surface area contributed by atoms with Crippen molar-refractivity contribution < 1.29 is 13.2 Å². The lowest BCUT2D eigenvalue weighted by Gasteiger charge is -2.33. The number of piperazine rings is 1. The van der Waals surface area contributed by atoms with Crippen molar-refractivity contribution >= 4 is 15.9 Å². The summed E-state index contributed by atoms with van der Waals surface area (Å²) in [5.74, 6) is 0.228. The van der Waals surface area contributed by atoms with Crippen LogP contribution in [0.15, 0.2) is 24.3 Å². The van der Waals surface area contributed by atoms with Gasteiger partial charge >= 0.3 is 0 Å². The average Bonchev–Trinajstić information content (AvgIpc) is 2.78. The maximum atomic E-state index is 12.7. The molecule has 2 saturated heterocycles. The second-order valence-corrected chi connectivity index (χ2v) is 10.7. The molecule has 0 bridgehead atoms. The Labute approximate surface area is 181 Å². The summed E-state index contributed by atoms with van der Waals surface area (Å²) in [6.07, 6.45) is 3.86. The third kappa shape index (κ3) is 6.26. The van der Waals surface area contributed by atoms with E-state index in [9.17, 15) is 13.2 Å². The molecular formula is C22H36N4O3S. The monoisotopic (exact) mass is 436 g/mol. The molecule has 2 aliphatic heterocycles. The minimum Gasteiger partial charge on any atom is -0.340 e. The SMILES string of the molecule is CCS(=O)(=O)N1CCN(Cc2ccc(C(=O)N(C)CCN3CCCCC3)cc2)CC1. The zero-order valence-electron chi connectivity index (χ0n) is 18.4. The van der Waals surface area contributed by atoms with E-state index >= 15 is 0 Å². The lowest BCUT2D eigenvalue weighted by Crippen LogP contribution is -2.48. The summed E-state index contributed by atoms with van der Waals surface area (Å²) in [5, 5.41) is 0. The second-order valence-electron chi connectivity index (χ2n) is 8.40. The Kier molecular flexibility index (Phi) is 8.27. The van der Waals surface area contributed by atoms with Gasteiger partial charge in [-0.25, -0.2) is 8.42 Å². The molecule has 168 valence electrons. The third-order valence-corrected chi connectivity index (χ3v) is 8.13. The van der Waals surface area contributed by atoms with Crippen LogP contribution in [-0.2, 0) is 16.6 Å². The van der Waals surface area contributed by atoms with E-state index in [1.165, 1.54) is 19.3 Å². The standard InChI is InChI=1S/C22H36N4O3S/c1-3-30(28,29)26-17-15-25(16-18-26)19-20-7-9-21(10-8-20)22(27)23(2)13-14-24-11-5-4-6-12-24/h7-10H,3-6,11-19H2,1-2H3. The number of sulfonamides is 1. The molecule has 0 spiro atoms. The van der Waals surface area contributed by atoms with Crippen LogP contribution in [0.25, 0.3) is 0 Å². The molecule has 0 saturated carbocycles. The van der Waals surface area contributed by atoms with Crippen LogP contribution in [0.2, 0.25) is 0 Å². The molecule has 0 unspecified atom stereocenters. The molecule has 7 nitrogen and oxygen atoms in total. The summed E-state index contributed by atoms with van der Waals surface area (Å²) in [7, 11) is -1.21. The predicted molar refractivity (Wildman–Crippen MR) is 120 cm³/mol. The number of carbonyl (C=O) groups excluding carboxylic acids is 1. The highest BCUT2D eigenvalue weighted by molar-refractivity contribution is 7.89. The Morgan fingerprint density at radius 3 is 2.17 bits per heavy atom. The van der Waals surface area contributed by atoms with Gasteiger partial charge in [0, 0.05) is 58.4 Å². The van der Waals surface area contributed by atoms with E-state index < -0.39 is 10.0 Å². The summed E-state index contributed by atoms with van der Waals surface area (Å²) in [4.78, 5) is 19.2. The van der Waals surface area contributed by atoms with Crippen LogP contribution in [0.1, 0.15) is 42.1 Å². The van der Waals surface area contributed by atoms with Gasteiger partial charge in [-0.3, -0.25) is 9.69 Å². The molecule has 0 N–H and O–H groups in total. The highest BCUT2D eigenvalue weighted by atomic mass is 32.2. The molecule has 1 aromatic rings. The fraction of sp³-hybridized carbons (Fsp3) is 0.682. The van der Waals surface area contributed by atoms with Crippen LogP contribution < -0.4 is 0 Å². The van der Waals surface area contributed by atoms with Crippen LogP contribution in [0.4, 0.5) is 0 Å². The van der Waals surface area contributed by atoms with Crippen molar-refractivity contribution in [3.05, 3.63) is 35.4 Å². The maximum Gasteiger partial charge on any atom is 0.253 e. The van der Waals surface area contributed by atoms with E-state index in [1.807, 2.05) is 36.2 Å². The summed E-state index contributed by atoms with van der Waals surface area (Å²) in [5.41, 5.74) is 1.87. The van der Waals surface area contributed by atoms with Gasteiger partial charge < -0.3 is 9.80 Å². The van der Waals surface area contributed by atoms with Crippen molar-refractivity contribution in [1.29, 1.82) is 0 Å². The van der Waals surface area contributed by atoms with Gasteiger partial charge in [-0.05, 0) is 50.6 Å². The molecule has 0 radical (unpaired) electrons. The highest BCUT2D eigenvalue weighted by Gasteiger charge is 2.25. The molecule has 8 heteroatoms. The van der Waals surface area contributed by atoms with Gasteiger partial charge in [-0.15, -0.1) is 0 Å². The van der Waals surface area contributed by atoms with E-state index in [2.05, 4.69) is 9.80 Å². The number of likely N-dealkylation sites (tertiary alicyclic amines) is 1. The smallest absolute Gasteiger partial charge is 0.253 e. The molecule has 2 heterocycles. The number of amides is 1. The minimum absolute atomic E-state index is 0.0666. The van der Waals surface area contributed by atoms with E-state index in [-0.39, 0.29) is 11.7 Å². The molecule has 30 heavy (non-hydrogen) atoms. The summed E-state index contributed by atoms with van der Waals surface area (Å²) >= 11 is 0. The number of piperidine rings is 1. The number of likely N-dealkylation sites (N-methyl/N-ethyl adjacent to an activating group) is 1. The van der Waals surface area contributed by atoms with Crippen molar-refractivity contribution in [3.8, 4) is 0 Å². The molecule has 0 aliphatic carbocycles. The lowest BCUT2D eigenvalue weighted by atomic mass is 10.1. The number of nitrogens with zero attached hydrogens (tertiary/aromatic N) is 4. The van der Waals surface area contributed by atoms with Gasteiger partial charge in [-0.1, -0.05) is 18.6 Å². The summed E-state index contributed by atoms with van der Waals surface area (Å²) < 4.78 is 25.6. The van der Waals surface area contributed by atoms with Crippen molar-refractivity contribution in [2.24, 2.45) is 0 Å². The normalized spacial score (nSPS) is 19.7. The molecule has 0 atom stereocenters. The van der Waals surface area contributed by atoms with Gasteiger partial charge in [-0.2, -0.15) is 4.31 Å². The lowest BCUT2D eigenvalue weighted by molar-refractivity contribution is 0.0773. The van der Waals surface area contributed by atoms with E-state index in [0.29, 0.717) is 13.1 Å². The molecule has 1 amide bonds. The topological polar surface area (TPSA) is 64.2 Å². The first-order valence-corrected chi connectivity index (χ1v) is 12.8. The van der Waals surface area contributed by atoms with Crippen molar-refractivity contribution in [2.45, 2.75) is 32.7 Å². The first kappa shape index (κ1) is 23.2. The van der Waals surface area contributed by atoms with Gasteiger partial charge in [0.15, 0.2) is 0 Å². The van der Waals surface area contributed by atoms with Crippen LogP contribution in [0.3, 0.4) is 0 Å². The summed E-state index contributed by atoms with van der Waals surface area (Å²) in [6, 6.07) is 7.85. The molecule has 3 rings (SSSR count). The van der Waals surface area contributed by atoms with Crippen molar-refractivity contribution in [3.63, 3.8) is 0 Å². The van der Waals surface area contributed by atoms with Crippen molar-refractivity contribution in [2.75, 3.05) is 65.2 Å². The highest BCUT2D eigenvalue weighted by Crippen LogP contribution is 2.14. The number of benzene rings is 1. The molecule has 2 aliphatic rings. The molecule has 1 aromatic carbocycles. The van der Waals surface area contributed by atoms with Crippen LogP contribution in [-0.4, -0.2) is 98.5 Å². The number of rotatable bonds is 8. The Hall–Kier alpha value is -1.48. The Morgan fingerprint density at radius 1 is 0.933 bits per heavy atom. The fourth-order valence-corrected chi connectivity index (χ4v) is 5.24. The molecule has 2 fully saturated rings. The van der Waals surface area contributed by atoms with Crippen LogP contribution >= 0.6 is 0 Å². The predicted octanol–water partition coefficient (Wildman–Crippen LogP) is 1.71. The molecule has 0 aromatic heterocycles. The van der Waals surface area contributed by atoms with Gasteiger partial charge in [0.05, 0.1) is 5.75 Å². The first-order valence-electron chi connectivity index (χ1n) is 11.2. The van der Waals surface area contributed by atoms with E-state index in [0.717, 1.165) is 56.9 Å². The van der Waals surface area contributed by atoms with Crippen LogP contribution in [0.5, 0.6) is 0 Å². The fourth-order valence-electron chi connectivity index (χ4n) is 4.16. The maximum absolute atomic E-state index is 12.7. The van der Waals surface area contributed by atoms with E-state index in [1.54, 1.807) is 11.2 Å². The quantitative estimate of drug-likeness (QED) is 0.621. The number of hydrogen-bond donors (Lipinski definition) is 0. The first-order chi connectivity index (χ1) is 14.4. The number of carbonyl (C=O) groups is 1. The molecular weight excluding hydrogens is 400 g/mol. The number of hydrogen-bond acceptors (Lipinski definition) is 5. The van der Waals surface area contributed by atoms with Crippen LogP contribution in [0, 0.1) is 0 Å². The Morgan fingerprint density at radius 2 is 1.57 bits per heavy atom. The Bertz CT molecular complexity index is 783. The van der Waals surface area contributed by atoms with E-state index in [4.69, 9.17) is 0 Å². The van der Waals surface area contributed by atoms with Crippen molar-refractivity contribution in [1.82, 2.24) is 19.0 Å². The average molecular weight is 437 g/mol. The van der Waals surface area contributed by atoms with Gasteiger partial charge in [0.25, 0.3) is 5.91 Å². The van der Waals surface area contributed by atoms with Gasteiger partial charge in [0.2, 0.25) is 10.0 Å².